The van der Waals surface area contributed by atoms with Crippen LogP contribution in [-0.2, 0) is 0 Å². The van der Waals surface area contributed by atoms with Gasteiger partial charge in [-0.15, -0.1) is 0 Å². The van der Waals surface area contributed by atoms with Gasteiger partial charge in [0, 0.05) is 32.2 Å². The van der Waals surface area contributed by atoms with Crippen LogP contribution in [0.1, 0.15) is 6.92 Å². The second kappa shape index (κ2) is 5.39. The third kappa shape index (κ3) is 2.85. The summed E-state index contributed by atoms with van der Waals surface area (Å²) in [5, 5.41) is 3.46. The number of fused-ring (bicyclic) bond motifs is 1. The lowest BCUT2D eigenvalue weighted by Gasteiger charge is -2.39. The topological polar surface area (TPSA) is 27.7 Å². The van der Waals surface area contributed by atoms with Crippen LogP contribution in [0.5, 0.6) is 5.75 Å². The second-order valence-electron chi connectivity index (χ2n) is 5.71. The smallest absolute Gasteiger partial charge is 0.142 e. The summed E-state index contributed by atoms with van der Waals surface area (Å²) >= 11 is 0. The first kappa shape index (κ1) is 12.8. The van der Waals surface area contributed by atoms with Gasteiger partial charge in [0.15, 0.2) is 0 Å². The summed E-state index contributed by atoms with van der Waals surface area (Å²) in [4.78, 5) is 4.94. The Kier molecular flexibility index (Phi) is 3.62. The number of nitrogens with zero attached hydrogens (tertiary/aromatic N) is 2. The van der Waals surface area contributed by atoms with E-state index in [9.17, 15) is 0 Å². The van der Waals surface area contributed by atoms with E-state index in [1.54, 1.807) is 0 Å². The number of ether oxygens (including phenoxy) is 1. The molecule has 3 rings (SSSR count). The van der Waals surface area contributed by atoms with Crippen molar-refractivity contribution in [2.24, 2.45) is 0 Å². The Morgan fingerprint density at radius 2 is 2.16 bits per heavy atom. The Morgan fingerprint density at radius 1 is 1.32 bits per heavy atom. The summed E-state index contributed by atoms with van der Waals surface area (Å²) in [5.74, 6) is 0.987. The maximum Gasteiger partial charge on any atom is 0.142 e. The number of benzene rings is 1. The third-order valence-corrected chi connectivity index (χ3v) is 4.21. The Bertz CT molecular complexity index is 437. The number of rotatable bonds is 2. The van der Waals surface area contributed by atoms with Crippen molar-refractivity contribution in [3.8, 4) is 5.75 Å². The summed E-state index contributed by atoms with van der Waals surface area (Å²) in [5.41, 5.74) is 1.12. The van der Waals surface area contributed by atoms with E-state index < -0.39 is 0 Å². The molecule has 1 aromatic rings. The quantitative estimate of drug-likeness (QED) is 0.873. The molecule has 0 bridgehead atoms. The third-order valence-electron chi connectivity index (χ3n) is 4.21. The first-order valence-corrected chi connectivity index (χ1v) is 7.14. The molecule has 2 atom stereocenters. The van der Waals surface area contributed by atoms with Gasteiger partial charge in [-0.05, 0) is 26.1 Å². The van der Waals surface area contributed by atoms with Crippen molar-refractivity contribution < 1.29 is 4.74 Å². The van der Waals surface area contributed by atoms with E-state index in [1.807, 2.05) is 18.2 Å². The molecule has 0 aliphatic carbocycles. The van der Waals surface area contributed by atoms with Crippen molar-refractivity contribution in [2.75, 3.05) is 45.1 Å². The van der Waals surface area contributed by atoms with E-state index in [0.29, 0.717) is 6.04 Å². The average molecular weight is 261 g/mol. The normalized spacial score (nSPS) is 28.3. The van der Waals surface area contributed by atoms with Crippen LogP contribution in [-0.4, -0.2) is 61.7 Å². The number of hydrogen-bond acceptors (Lipinski definition) is 4. The van der Waals surface area contributed by atoms with Gasteiger partial charge in [-0.1, -0.05) is 12.1 Å². The Labute approximate surface area is 115 Å². The fourth-order valence-electron chi connectivity index (χ4n) is 2.84. The molecule has 19 heavy (non-hydrogen) atoms. The van der Waals surface area contributed by atoms with Crippen molar-refractivity contribution >= 4 is 5.69 Å². The van der Waals surface area contributed by atoms with Crippen LogP contribution in [0.15, 0.2) is 24.3 Å². The Balaban J connectivity index is 1.57. The lowest BCUT2D eigenvalue weighted by molar-refractivity contribution is 0.0681. The minimum absolute atomic E-state index is 0.255. The van der Waals surface area contributed by atoms with E-state index in [4.69, 9.17) is 4.74 Å². The van der Waals surface area contributed by atoms with Crippen molar-refractivity contribution in [3.63, 3.8) is 0 Å². The summed E-state index contributed by atoms with van der Waals surface area (Å²) < 4.78 is 6.08. The SMILES string of the molecule is CC1CN(CC2CNc3ccccc3O2)CCN1C. The highest BCUT2D eigenvalue weighted by Crippen LogP contribution is 2.28. The summed E-state index contributed by atoms with van der Waals surface area (Å²) in [6.07, 6.45) is 0.255. The predicted octanol–water partition coefficient (Wildman–Crippen LogP) is 1.50. The summed E-state index contributed by atoms with van der Waals surface area (Å²) in [7, 11) is 2.21. The zero-order chi connectivity index (χ0) is 13.2. The average Bonchev–Trinajstić information content (AvgIpc) is 2.43. The number of nitrogens with one attached hydrogen (secondary N) is 1. The van der Waals surface area contributed by atoms with Crippen LogP contribution in [0.2, 0.25) is 0 Å². The molecular formula is C15H23N3O. The molecule has 0 radical (unpaired) electrons. The maximum atomic E-state index is 6.08. The van der Waals surface area contributed by atoms with Crippen LogP contribution in [0.25, 0.3) is 0 Å². The molecule has 1 fully saturated rings. The number of piperazine rings is 1. The second-order valence-corrected chi connectivity index (χ2v) is 5.71. The van der Waals surface area contributed by atoms with Crippen molar-refractivity contribution in [3.05, 3.63) is 24.3 Å². The fourth-order valence-corrected chi connectivity index (χ4v) is 2.84. The monoisotopic (exact) mass is 261 g/mol. The molecule has 0 spiro atoms. The number of para-hydroxylation sites is 2. The van der Waals surface area contributed by atoms with Crippen LogP contribution in [0.3, 0.4) is 0 Å². The zero-order valence-corrected chi connectivity index (χ0v) is 11.8. The predicted molar refractivity (Wildman–Crippen MR) is 77.9 cm³/mol. The van der Waals surface area contributed by atoms with E-state index in [1.165, 1.54) is 0 Å². The minimum Gasteiger partial charge on any atom is -0.485 e. The van der Waals surface area contributed by atoms with Crippen LogP contribution < -0.4 is 10.1 Å². The molecule has 2 heterocycles. The molecule has 4 nitrogen and oxygen atoms in total. The highest BCUT2D eigenvalue weighted by molar-refractivity contribution is 5.57. The Hall–Kier alpha value is -1.26. The van der Waals surface area contributed by atoms with Crippen LogP contribution >= 0.6 is 0 Å². The Morgan fingerprint density at radius 3 is 3.00 bits per heavy atom. The van der Waals surface area contributed by atoms with Gasteiger partial charge < -0.3 is 15.0 Å². The van der Waals surface area contributed by atoms with Gasteiger partial charge >= 0.3 is 0 Å². The lowest BCUT2D eigenvalue weighted by atomic mass is 10.1. The van der Waals surface area contributed by atoms with Gasteiger partial charge in [0.1, 0.15) is 11.9 Å². The summed E-state index contributed by atoms with van der Waals surface area (Å²) in [6.45, 7) is 7.64. The van der Waals surface area contributed by atoms with Gasteiger partial charge in [-0.3, -0.25) is 4.90 Å². The summed E-state index contributed by atoms with van der Waals surface area (Å²) in [6, 6.07) is 8.82. The lowest BCUT2D eigenvalue weighted by Crippen LogP contribution is -2.53. The molecule has 0 aromatic heterocycles. The van der Waals surface area contributed by atoms with Gasteiger partial charge in [-0.2, -0.15) is 0 Å². The molecule has 0 amide bonds. The van der Waals surface area contributed by atoms with E-state index in [-0.39, 0.29) is 6.10 Å². The number of hydrogen-bond donors (Lipinski definition) is 1. The molecule has 2 unspecified atom stereocenters. The van der Waals surface area contributed by atoms with Gasteiger partial charge in [-0.25, -0.2) is 0 Å². The molecule has 0 saturated carbocycles. The molecule has 104 valence electrons. The maximum absolute atomic E-state index is 6.08. The standard InChI is InChI=1S/C15H23N3O/c1-12-10-18(8-7-17(12)2)11-13-9-16-14-5-3-4-6-15(14)19-13/h3-6,12-13,16H,7-11H2,1-2H3. The molecule has 2 aliphatic rings. The fraction of sp³-hybridized carbons (Fsp3) is 0.600. The van der Waals surface area contributed by atoms with E-state index >= 15 is 0 Å². The molecule has 1 saturated heterocycles. The molecule has 4 heteroatoms. The zero-order valence-electron chi connectivity index (χ0n) is 11.8. The number of anilines is 1. The highest BCUT2D eigenvalue weighted by Gasteiger charge is 2.25. The van der Waals surface area contributed by atoms with Gasteiger partial charge in [0.25, 0.3) is 0 Å². The molecule has 1 aromatic carbocycles. The molecular weight excluding hydrogens is 238 g/mol. The van der Waals surface area contributed by atoms with Gasteiger partial charge in [0.2, 0.25) is 0 Å². The van der Waals surface area contributed by atoms with Crippen molar-refractivity contribution in [1.82, 2.24) is 9.80 Å². The largest absolute Gasteiger partial charge is 0.485 e. The first-order chi connectivity index (χ1) is 9.22. The van der Waals surface area contributed by atoms with Crippen LogP contribution in [0.4, 0.5) is 5.69 Å². The van der Waals surface area contributed by atoms with E-state index in [2.05, 4.69) is 35.2 Å². The molecule has 1 N–H and O–H groups in total. The minimum atomic E-state index is 0.255. The highest BCUT2D eigenvalue weighted by atomic mass is 16.5. The number of likely N-dealkylation sites (N-methyl/N-ethyl adjacent to an activating group) is 1. The van der Waals surface area contributed by atoms with Crippen LogP contribution in [0, 0.1) is 0 Å². The first-order valence-electron chi connectivity index (χ1n) is 7.14. The van der Waals surface area contributed by atoms with Gasteiger partial charge in [0.05, 0.1) is 12.2 Å². The van der Waals surface area contributed by atoms with Crippen molar-refractivity contribution in [1.29, 1.82) is 0 Å². The van der Waals surface area contributed by atoms with Crippen molar-refractivity contribution in [2.45, 2.75) is 19.1 Å². The van der Waals surface area contributed by atoms with E-state index in [0.717, 1.165) is 44.2 Å². The molecule has 2 aliphatic heterocycles.